The van der Waals surface area contributed by atoms with Gasteiger partial charge in [0.05, 0.1) is 5.56 Å². The Labute approximate surface area is 132 Å². The quantitative estimate of drug-likeness (QED) is 0.857. The zero-order valence-electron chi connectivity index (χ0n) is 13.7. The molecule has 5 heteroatoms. The monoisotopic (exact) mass is 300 g/mol. The van der Waals surface area contributed by atoms with Gasteiger partial charge in [-0.1, -0.05) is 27.2 Å². The topological polar surface area (TPSA) is 60.2 Å². The summed E-state index contributed by atoms with van der Waals surface area (Å²) in [6, 6.07) is 5.73. The molecule has 1 amide bonds. The third-order valence-electron chi connectivity index (χ3n) is 4.42. The highest BCUT2D eigenvalue weighted by molar-refractivity contribution is 5.77. The Hall–Kier alpha value is -2.09. The van der Waals surface area contributed by atoms with E-state index in [0.29, 0.717) is 12.0 Å². The molecule has 0 unspecified atom stereocenters. The summed E-state index contributed by atoms with van der Waals surface area (Å²) in [5.41, 5.74) is 0.641. The number of nitriles is 1. The predicted octanol–water partition coefficient (Wildman–Crippen LogP) is 2.43. The molecule has 1 aromatic heterocycles. The average Bonchev–Trinajstić information content (AvgIpc) is 2.55. The molecule has 5 nitrogen and oxygen atoms in total. The van der Waals surface area contributed by atoms with Crippen molar-refractivity contribution in [1.29, 1.82) is 5.26 Å². The van der Waals surface area contributed by atoms with Crippen molar-refractivity contribution in [2.75, 3.05) is 31.1 Å². The van der Waals surface area contributed by atoms with Crippen LogP contribution in [0, 0.1) is 16.7 Å². The van der Waals surface area contributed by atoms with Crippen LogP contribution >= 0.6 is 0 Å². The molecule has 118 valence electrons. The first-order chi connectivity index (χ1) is 10.4. The van der Waals surface area contributed by atoms with Crippen molar-refractivity contribution >= 4 is 11.7 Å². The number of amides is 1. The first-order valence-corrected chi connectivity index (χ1v) is 7.84. The summed E-state index contributed by atoms with van der Waals surface area (Å²) in [6.45, 7) is 9.46. The SMILES string of the molecule is CCC(C)(C)CC(=O)N1CCN(c2ccc(C#N)cn2)CC1. The fourth-order valence-electron chi connectivity index (χ4n) is 2.47. The van der Waals surface area contributed by atoms with E-state index in [1.165, 1.54) is 0 Å². The van der Waals surface area contributed by atoms with Crippen molar-refractivity contribution in [3.05, 3.63) is 23.9 Å². The van der Waals surface area contributed by atoms with E-state index in [0.717, 1.165) is 38.4 Å². The highest BCUT2D eigenvalue weighted by Crippen LogP contribution is 2.25. The van der Waals surface area contributed by atoms with Crippen LogP contribution in [-0.4, -0.2) is 42.0 Å². The van der Waals surface area contributed by atoms with Gasteiger partial charge in [0.1, 0.15) is 11.9 Å². The molecule has 0 atom stereocenters. The predicted molar refractivity (Wildman–Crippen MR) is 86.4 cm³/mol. The van der Waals surface area contributed by atoms with Gasteiger partial charge in [-0.15, -0.1) is 0 Å². The van der Waals surface area contributed by atoms with Crippen LogP contribution in [0.25, 0.3) is 0 Å². The van der Waals surface area contributed by atoms with Crippen LogP contribution in [0.5, 0.6) is 0 Å². The van der Waals surface area contributed by atoms with Crippen LogP contribution in [0.2, 0.25) is 0 Å². The van der Waals surface area contributed by atoms with Gasteiger partial charge in [0.15, 0.2) is 0 Å². The minimum atomic E-state index is 0.0723. The lowest BCUT2D eigenvalue weighted by Crippen LogP contribution is -2.49. The summed E-state index contributed by atoms with van der Waals surface area (Å²) in [6.07, 6.45) is 3.21. The minimum Gasteiger partial charge on any atom is -0.353 e. The van der Waals surface area contributed by atoms with E-state index in [4.69, 9.17) is 5.26 Å². The zero-order valence-corrected chi connectivity index (χ0v) is 13.7. The van der Waals surface area contributed by atoms with E-state index < -0.39 is 0 Å². The summed E-state index contributed by atoms with van der Waals surface area (Å²) in [7, 11) is 0. The third kappa shape index (κ3) is 3.97. The number of pyridine rings is 1. The molecular weight excluding hydrogens is 276 g/mol. The molecule has 22 heavy (non-hydrogen) atoms. The van der Waals surface area contributed by atoms with E-state index in [-0.39, 0.29) is 11.3 Å². The Morgan fingerprint density at radius 2 is 2.00 bits per heavy atom. The molecule has 0 bridgehead atoms. The maximum atomic E-state index is 12.4. The fourth-order valence-corrected chi connectivity index (χ4v) is 2.47. The molecule has 0 saturated carbocycles. The molecule has 1 fully saturated rings. The van der Waals surface area contributed by atoms with E-state index >= 15 is 0 Å². The van der Waals surface area contributed by atoms with Crippen molar-refractivity contribution in [2.45, 2.75) is 33.6 Å². The molecule has 1 aliphatic heterocycles. The first kappa shape index (κ1) is 16.3. The van der Waals surface area contributed by atoms with E-state index in [1.807, 2.05) is 11.0 Å². The summed E-state index contributed by atoms with van der Waals surface area (Å²) in [5.74, 6) is 1.12. The number of hydrogen-bond donors (Lipinski definition) is 0. The number of carbonyl (C=O) groups excluding carboxylic acids is 1. The highest BCUT2D eigenvalue weighted by atomic mass is 16.2. The van der Waals surface area contributed by atoms with Gasteiger partial charge in [-0.05, 0) is 17.5 Å². The Kier molecular flexibility index (Phi) is 5.02. The molecule has 0 radical (unpaired) electrons. The van der Waals surface area contributed by atoms with Crippen molar-refractivity contribution in [1.82, 2.24) is 9.88 Å². The van der Waals surface area contributed by atoms with Crippen molar-refractivity contribution in [3.8, 4) is 6.07 Å². The molecule has 2 rings (SSSR count). The van der Waals surface area contributed by atoms with E-state index in [1.54, 1.807) is 12.3 Å². The lowest BCUT2D eigenvalue weighted by Gasteiger charge is -2.36. The van der Waals surface area contributed by atoms with Crippen molar-refractivity contribution in [2.24, 2.45) is 5.41 Å². The summed E-state index contributed by atoms with van der Waals surface area (Å²) in [5, 5.41) is 8.80. The molecular formula is C17H24N4O. The van der Waals surface area contributed by atoms with Gasteiger partial charge in [-0.3, -0.25) is 4.79 Å². The van der Waals surface area contributed by atoms with Gasteiger partial charge >= 0.3 is 0 Å². The Morgan fingerprint density at radius 1 is 1.32 bits per heavy atom. The van der Waals surface area contributed by atoms with Gasteiger partial charge in [-0.2, -0.15) is 5.26 Å². The lowest BCUT2D eigenvalue weighted by atomic mass is 9.86. The van der Waals surface area contributed by atoms with Crippen LogP contribution in [0.3, 0.4) is 0 Å². The number of rotatable bonds is 4. The molecule has 0 aliphatic carbocycles. The van der Waals surface area contributed by atoms with Crippen LogP contribution in [-0.2, 0) is 4.79 Å². The largest absolute Gasteiger partial charge is 0.353 e. The second-order valence-corrected chi connectivity index (χ2v) is 6.58. The normalized spacial score (nSPS) is 15.5. The van der Waals surface area contributed by atoms with Crippen LogP contribution in [0.4, 0.5) is 5.82 Å². The fraction of sp³-hybridized carbons (Fsp3) is 0.588. The van der Waals surface area contributed by atoms with Crippen LogP contribution in [0.15, 0.2) is 18.3 Å². The van der Waals surface area contributed by atoms with Crippen LogP contribution < -0.4 is 4.90 Å². The second-order valence-electron chi connectivity index (χ2n) is 6.58. The molecule has 0 N–H and O–H groups in total. The van der Waals surface area contributed by atoms with Crippen molar-refractivity contribution < 1.29 is 4.79 Å². The smallest absolute Gasteiger partial charge is 0.223 e. The summed E-state index contributed by atoms with van der Waals surface area (Å²) < 4.78 is 0. The van der Waals surface area contributed by atoms with Crippen LogP contribution in [0.1, 0.15) is 39.2 Å². The number of piperazine rings is 1. The number of anilines is 1. The molecule has 2 heterocycles. The van der Waals surface area contributed by atoms with Gasteiger partial charge in [-0.25, -0.2) is 4.98 Å². The molecule has 0 aromatic carbocycles. The average molecular weight is 300 g/mol. The van der Waals surface area contributed by atoms with Crippen molar-refractivity contribution in [3.63, 3.8) is 0 Å². The molecule has 1 aromatic rings. The van der Waals surface area contributed by atoms with Gasteiger partial charge in [0, 0.05) is 38.8 Å². The second kappa shape index (κ2) is 6.78. The number of carbonyl (C=O) groups is 1. The third-order valence-corrected chi connectivity index (χ3v) is 4.42. The lowest BCUT2D eigenvalue weighted by molar-refractivity contribution is -0.133. The molecule has 0 spiro atoms. The minimum absolute atomic E-state index is 0.0723. The zero-order chi connectivity index (χ0) is 16.2. The molecule has 1 aliphatic rings. The maximum Gasteiger partial charge on any atom is 0.223 e. The number of aromatic nitrogens is 1. The Bertz CT molecular complexity index is 551. The summed E-state index contributed by atoms with van der Waals surface area (Å²) in [4.78, 5) is 20.8. The standard InChI is InChI=1S/C17H24N4O/c1-4-17(2,3)11-16(22)21-9-7-20(8-10-21)15-6-5-14(12-18)13-19-15/h5-6,13H,4,7-11H2,1-3H3. The van der Waals surface area contributed by atoms with Gasteiger partial charge < -0.3 is 9.80 Å². The van der Waals surface area contributed by atoms with Gasteiger partial charge in [0.25, 0.3) is 0 Å². The Morgan fingerprint density at radius 3 is 2.50 bits per heavy atom. The highest BCUT2D eigenvalue weighted by Gasteiger charge is 2.26. The van der Waals surface area contributed by atoms with E-state index in [9.17, 15) is 4.79 Å². The first-order valence-electron chi connectivity index (χ1n) is 7.84. The summed E-state index contributed by atoms with van der Waals surface area (Å²) >= 11 is 0. The molecule has 1 saturated heterocycles. The number of hydrogen-bond acceptors (Lipinski definition) is 4. The number of nitrogens with zero attached hydrogens (tertiary/aromatic N) is 4. The van der Waals surface area contributed by atoms with E-state index in [2.05, 4.69) is 36.7 Å². The maximum absolute atomic E-state index is 12.4. The van der Waals surface area contributed by atoms with Gasteiger partial charge in [0.2, 0.25) is 5.91 Å². The Balaban J connectivity index is 1.90.